The van der Waals surface area contributed by atoms with Crippen LogP contribution in [-0.2, 0) is 0 Å². The smallest absolute Gasteiger partial charge is 0.0136 e. The minimum absolute atomic E-state index is 0.950. The van der Waals surface area contributed by atoms with Crippen molar-refractivity contribution in [2.45, 2.75) is 71.1 Å². The Kier molecular flexibility index (Phi) is 4.69. The van der Waals surface area contributed by atoms with Gasteiger partial charge in [-0.2, -0.15) is 0 Å². The van der Waals surface area contributed by atoms with Gasteiger partial charge in [0, 0.05) is 0 Å². The zero-order valence-electron chi connectivity index (χ0n) is 10.8. The number of hydrogen-bond acceptors (Lipinski definition) is 0. The van der Waals surface area contributed by atoms with Gasteiger partial charge in [0.25, 0.3) is 0 Å². The fourth-order valence-corrected chi connectivity index (χ4v) is 3.29. The van der Waals surface area contributed by atoms with Crippen LogP contribution in [0.4, 0.5) is 0 Å². The number of allylic oxidation sites excluding steroid dienone is 4. The van der Waals surface area contributed by atoms with E-state index in [1.165, 1.54) is 64.2 Å². The van der Waals surface area contributed by atoms with Crippen molar-refractivity contribution in [3.05, 3.63) is 23.3 Å². The summed E-state index contributed by atoms with van der Waals surface area (Å²) in [5, 5.41) is 0. The van der Waals surface area contributed by atoms with Crippen molar-refractivity contribution in [2.24, 2.45) is 5.92 Å². The minimum Gasteiger partial charge on any atom is -0.0882 e. The summed E-state index contributed by atoms with van der Waals surface area (Å²) >= 11 is 0. The highest BCUT2D eigenvalue weighted by Gasteiger charge is 2.21. The molecule has 0 N–H and O–H groups in total. The van der Waals surface area contributed by atoms with Gasteiger partial charge in [0.2, 0.25) is 0 Å². The lowest BCUT2D eigenvalue weighted by molar-refractivity contribution is 0.421. The first-order valence-corrected chi connectivity index (χ1v) is 7.27. The molecule has 0 aromatic heterocycles. The van der Waals surface area contributed by atoms with Crippen LogP contribution in [0.15, 0.2) is 23.3 Å². The molecule has 16 heavy (non-hydrogen) atoms. The van der Waals surface area contributed by atoms with Gasteiger partial charge in [-0.15, -0.1) is 0 Å². The molecule has 90 valence electrons. The molecule has 1 fully saturated rings. The largest absolute Gasteiger partial charge is 0.0882 e. The second-order valence-electron chi connectivity index (χ2n) is 5.43. The molecule has 0 heterocycles. The van der Waals surface area contributed by atoms with Crippen molar-refractivity contribution < 1.29 is 0 Å². The van der Waals surface area contributed by atoms with E-state index in [1.807, 2.05) is 11.1 Å². The van der Waals surface area contributed by atoms with Crippen molar-refractivity contribution in [3.63, 3.8) is 0 Å². The van der Waals surface area contributed by atoms with Crippen LogP contribution in [0.1, 0.15) is 71.1 Å². The second kappa shape index (κ2) is 6.27. The summed E-state index contributed by atoms with van der Waals surface area (Å²) in [5.41, 5.74) is 3.69. The molecule has 0 bridgehead atoms. The van der Waals surface area contributed by atoms with Crippen LogP contribution in [0.5, 0.6) is 0 Å². The molecule has 2 aliphatic rings. The molecule has 0 aromatic carbocycles. The van der Waals surface area contributed by atoms with Crippen LogP contribution in [0, 0.1) is 5.92 Å². The van der Waals surface area contributed by atoms with Crippen LogP contribution >= 0.6 is 0 Å². The average molecular weight is 218 g/mol. The van der Waals surface area contributed by atoms with Crippen molar-refractivity contribution in [1.29, 1.82) is 0 Å². The number of rotatable bonds is 3. The van der Waals surface area contributed by atoms with Gasteiger partial charge < -0.3 is 0 Å². The second-order valence-corrected chi connectivity index (χ2v) is 5.43. The fraction of sp³-hybridized carbons (Fsp3) is 0.750. The molecule has 0 aliphatic heterocycles. The van der Waals surface area contributed by atoms with E-state index in [4.69, 9.17) is 0 Å². The lowest BCUT2D eigenvalue weighted by Crippen LogP contribution is -2.13. The first kappa shape index (κ1) is 12.0. The quantitative estimate of drug-likeness (QED) is 0.556. The molecule has 0 aromatic rings. The van der Waals surface area contributed by atoms with Gasteiger partial charge in [-0.25, -0.2) is 0 Å². The lowest BCUT2D eigenvalue weighted by atomic mass is 9.76. The van der Waals surface area contributed by atoms with Crippen LogP contribution in [0.2, 0.25) is 0 Å². The molecule has 0 spiro atoms. The van der Waals surface area contributed by atoms with Gasteiger partial charge in [0.05, 0.1) is 0 Å². The van der Waals surface area contributed by atoms with E-state index in [-0.39, 0.29) is 0 Å². The highest BCUT2D eigenvalue weighted by molar-refractivity contribution is 5.22. The predicted octanol–water partition coefficient (Wildman–Crippen LogP) is 5.40. The molecule has 0 amide bonds. The maximum Gasteiger partial charge on any atom is -0.0136 e. The number of hydrogen-bond donors (Lipinski definition) is 0. The van der Waals surface area contributed by atoms with E-state index in [1.54, 1.807) is 0 Å². The standard InChI is InChI=1S/C16H26/c1-2-3-9-14-10-5-4-6-11-15-12-7-8-13-16(14)15/h4-5,15H,2-3,6-13H2,1H3/b5-4-,16-14-. The summed E-state index contributed by atoms with van der Waals surface area (Å²) in [6.45, 7) is 2.31. The molecule has 2 rings (SSSR count). The van der Waals surface area contributed by atoms with Crippen LogP contribution in [0.3, 0.4) is 0 Å². The Balaban J connectivity index is 2.13. The molecule has 1 unspecified atom stereocenters. The molecule has 2 aliphatic carbocycles. The van der Waals surface area contributed by atoms with Crippen LogP contribution < -0.4 is 0 Å². The molecule has 0 radical (unpaired) electrons. The van der Waals surface area contributed by atoms with Gasteiger partial charge in [-0.05, 0) is 57.3 Å². The van der Waals surface area contributed by atoms with Gasteiger partial charge in [-0.1, -0.05) is 43.1 Å². The molecule has 1 saturated carbocycles. The van der Waals surface area contributed by atoms with Crippen molar-refractivity contribution >= 4 is 0 Å². The first-order valence-electron chi connectivity index (χ1n) is 7.27. The maximum absolute atomic E-state index is 2.42. The highest BCUT2D eigenvalue weighted by Crippen LogP contribution is 2.38. The summed E-state index contributed by atoms with van der Waals surface area (Å²) in [5.74, 6) is 0.950. The number of fused-ring (bicyclic) bond motifs is 1. The number of unbranched alkanes of at least 4 members (excludes halogenated alkanes) is 1. The SMILES string of the molecule is CCCC/C1=C2\CCCCC2CC/C=C\C1. The van der Waals surface area contributed by atoms with E-state index in [9.17, 15) is 0 Å². The van der Waals surface area contributed by atoms with Crippen molar-refractivity contribution in [3.8, 4) is 0 Å². The predicted molar refractivity (Wildman–Crippen MR) is 71.5 cm³/mol. The maximum atomic E-state index is 2.42. The summed E-state index contributed by atoms with van der Waals surface area (Å²) in [6.07, 6.45) is 18.7. The normalized spacial score (nSPS) is 32.7. The Labute approximate surface area is 101 Å². The Bertz CT molecular complexity index is 270. The monoisotopic (exact) mass is 218 g/mol. The Morgan fingerprint density at radius 3 is 3.00 bits per heavy atom. The molecular formula is C16H26. The van der Waals surface area contributed by atoms with Crippen molar-refractivity contribution in [1.82, 2.24) is 0 Å². The summed E-state index contributed by atoms with van der Waals surface area (Å²) in [7, 11) is 0. The topological polar surface area (TPSA) is 0 Å². The summed E-state index contributed by atoms with van der Waals surface area (Å²) < 4.78 is 0. The molecule has 0 nitrogen and oxygen atoms in total. The zero-order valence-corrected chi connectivity index (χ0v) is 10.8. The lowest BCUT2D eigenvalue weighted by Gasteiger charge is -2.29. The van der Waals surface area contributed by atoms with Crippen LogP contribution in [-0.4, -0.2) is 0 Å². The third-order valence-electron chi connectivity index (χ3n) is 4.24. The van der Waals surface area contributed by atoms with Crippen LogP contribution in [0.25, 0.3) is 0 Å². The van der Waals surface area contributed by atoms with E-state index >= 15 is 0 Å². The van der Waals surface area contributed by atoms with Gasteiger partial charge >= 0.3 is 0 Å². The summed E-state index contributed by atoms with van der Waals surface area (Å²) in [4.78, 5) is 0. The third-order valence-corrected chi connectivity index (χ3v) is 4.24. The minimum atomic E-state index is 0.950. The molecule has 0 heteroatoms. The first-order chi connectivity index (χ1) is 7.92. The zero-order chi connectivity index (χ0) is 11.2. The van der Waals surface area contributed by atoms with Gasteiger partial charge in [0.1, 0.15) is 0 Å². The molecule has 0 saturated heterocycles. The van der Waals surface area contributed by atoms with E-state index in [0.29, 0.717) is 0 Å². The fourth-order valence-electron chi connectivity index (χ4n) is 3.29. The van der Waals surface area contributed by atoms with E-state index in [2.05, 4.69) is 19.1 Å². The third kappa shape index (κ3) is 2.99. The Morgan fingerprint density at radius 2 is 2.12 bits per heavy atom. The van der Waals surface area contributed by atoms with Gasteiger partial charge in [-0.3, -0.25) is 0 Å². The Morgan fingerprint density at radius 1 is 1.19 bits per heavy atom. The molecular weight excluding hydrogens is 192 g/mol. The highest BCUT2D eigenvalue weighted by atomic mass is 14.3. The van der Waals surface area contributed by atoms with E-state index in [0.717, 1.165) is 5.92 Å². The molecule has 1 atom stereocenters. The average Bonchev–Trinajstić information content (AvgIpc) is 2.30. The van der Waals surface area contributed by atoms with E-state index < -0.39 is 0 Å². The van der Waals surface area contributed by atoms with Crippen molar-refractivity contribution in [2.75, 3.05) is 0 Å². The Hall–Kier alpha value is -0.520. The summed E-state index contributed by atoms with van der Waals surface area (Å²) in [6, 6.07) is 0. The van der Waals surface area contributed by atoms with Gasteiger partial charge in [0.15, 0.2) is 0 Å².